The molecule has 1 unspecified atom stereocenters. The Labute approximate surface area is 95.8 Å². The van der Waals surface area contributed by atoms with Crippen LogP contribution in [-0.2, 0) is 0 Å². The highest BCUT2D eigenvalue weighted by Gasteiger charge is 2.55. The third kappa shape index (κ3) is 2.06. The molecule has 1 amide bonds. The zero-order valence-electron chi connectivity index (χ0n) is 10.3. The van der Waals surface area contributed by atoms with E-state index < -0.39 is 17.3 Å². The minimum atomic E-state index is -1.54. The van der Waals surface area contributed by atoms with E-state index >= 15 is 0 Å². The molecule has 0 aromatic rings. The highest BCUT2D eigenvalue weighted by Crippen LogP contribution is 2.36. The van der Waals surface area contributed by atoms with Crippen molar-refractivity contribution in [3.63, 3.8) is 0 Å². The minimum Gasteiger partial charge on any atom is -0.435 e. The molecular formula is C11H22FN2O2+. The summed E-state index contributed by atoms with van der Waals surface area (Å²) in [4.78, 5) is 11.5. The van der Waals surface area contributed by atoms with Gasteiger partial charge in [-0.3, -0.25) is 0 Å². The first-order valence-corrected chi connectivity index (χ1v) is 5.67. The van der Waals surface area contributed by atoms with E-state index in [1.165, 1.54) is 0 Å². The first-order valence-electron chi connectivity index (χ1n) is 5.67. The molecular weight excluding hydrogens is 211 g/mol. The summed E-state index contributed by atoms with van der Waals surface area (Å²) in [7, 11) is 0. The van der Waals surface area contributed by atoms with Gasteiger partial charge in [0.05, 0.1) is 6.54 Å². The number of quaternary nitrogens is 1. The van der Waals surface area contributed by atoms with Crippen LogP contribution in [0.4, 0.5) is 9.18 Å². The fraction of sp³-hybridized carbons (Fsp3) is 0.909. The second-order valence-electron chi connectivity index (χ2n) is 5.76. The van der Waals surface area contributed by atoms with Crippen LogP contribution in [0.2, 0.25) is 0 Å². The summed E-state index contributed by atoms with van der Waals surface area (Å²) in [6.07, 6.45) is -0.0212. The molecule has 3 N–H and O–H groups in total. The Morgan fingerprint density at radius 2 is 2.12 bits per heavy atom. The summed E-state index contributed by atoms with van der Waals surface area (Å²) >= 11 is 0. The van der Waals surface area contributed by atoms with E-state index in [0.29, 0.717) is 19.4 Å². The summed E-state index contributed by atoms with van der Waals surface area (Å²) in [6.45, 7) is 5.86. The van der Waals surface area contributed by atoms with Gasteiger partial charge < -0.3 is 10.8 Å². The van der Waals surface area contributed by atoms with Crippen molar-refractivity contribution in [2.75, 3.05) is 19.6 Å². The molecule has 1 aliphatic rings. The van der Waals surface area contributed by atoms with Crippen LogP contribution < -0.4 is 5.73 Å². The van der Waals surface area contributed by atoms with Crippen LogP contribution in [0.3, 0.4) is 0 Å². The first-order chi connectivity index (χ1) is 7.17. The number of halogens is 1. The Morgan fingerprint density at radius 3 is 2.50 bits per heavy atom. The summed E-state index contributed by atoms with van der Waals surface area (Å²) < 4.78 is 14.0. The molecule has 0 aromatic heterocycles. The number of likely N-dealkylation sites (tertiary alicyclic amines) is 1. The van der Waals surface area contributed by atoms with E-state index in [2.05, 4.69) is 0 Å². The van der Waals surface area contributed by atoms with Crippen LogP contribution >= 0.6 is 0 Å². The van der Waals surface area contributed by atoms with Crippen molar-refractivity contribution in [2.45, 2.75) is 44.8 Å². The molecule has 0 aliphatic carbocycles. The van der Waals surface area contributed by atoms with E-state index in [9.17, 15) is 14.3 Å². The second kappa shape index (κ2) is 3.96. The van der Waals surface area contributed by atoms with Crippen LogP contribution in [0.15, 0.2) is 0 Å². The first kappa shape index (κ1) is 13.4. The number of carbonyl (C=O) groups is 1. The molecule has 1 fully saturated rings. The largest absolute Gasteiger partial charge is 0.514 e. The van der Waals surface area contributed by atoms with Gasteiger partial charge in [-0.2, -0.15) is 4.79 Å². The van der Waals surface area contributed by atoms with Crippen molar-refractivity contribution in [1.82, 2.24) is 0 Å². The highest BCUT2D eigenvalue weighted by atomic mass is 19.1. The van der Waals surface area contributed by atoms with Gasteiger partial charge >= 0.3 is 6.09 Å². The molecule has 1 aliphatic heterocycles. The quantitative estimate of drug-likeness (QED) is 0.678. The minimum absolute atomic E-state index is 0.0255. The molecule has 0 radical (unpaired) electrons. The lowest BCUT2D eigenvalue weighted by molar-refractivity contribution is -0.913. The molecule has 0 bridgehead atoms. The maximum atomic E-state index is 14.3. The van der Waals surface area contributed by atoms with E-state index in [1.807, 2.05) is 20.8 Å². The SMILES string of the molecule is CC(C)(C)[N+]1(C(=O)O)CCC[C@@](F)(CN)C1. The monoisotopic (exact) mass is 233 g/mol. The molecule has 0 aromatic carbocycles. The molecule has 2 atom stereocenters. The number of hydrogen-bond acceptors (Lipinski definition) is 2. The number of nitrogens with zero attached hydrogens (tertiary/aromatic N) is 1. The Kier molecular flexibility index (Phi) is 3.32. The number of rotatable bonds is 1. The fourth-order valence-electron chi connectivity index (χ4n) is 2.50. The van der Waals surface area contributed by atoms with Gasteiger partial charge in [0.2, 0.25) is 0 Å². The van der Waals surface area contributed by atoms with Crippen LogP contribution in [0.25, 0.3) is 0 Å². The molecule has 94 valence electrons. The van der Waals surface area contributed by atoms with E-state index in [0.717, 1.165) is 0 Å². The molecule has 5 heteroatoms. The van der Waals surface area contributed by atoms with Crippen molar-refractivity contribution < 1.29 is 18.8 Å². The number of hydrogen-bond donors (Lipinski definition) is 2. The van der Waals surface area contributed by atoms with E-state index in [-0.39, 0.29) is 17.6 Å². The van der Waals surface area contributed by atoms with Gasteiger partial charge in [0.15, 0.2) is 5.67 Å². The summed E-state index contributed by atoms with van der Waals surface area (Å²) in [5, 5.41) is 9.42. The standard InChI is InChI=1S/C11H21FN2O2/c1-10(2,3)14(9(15)16)6-4-5-11(12,7-13)8-14/h4-8,13H2,1-3H3/p+1/t11-,14?/m1/s1. The Bertz CT molecular complexity index is 290. The number of piperidine rings is 1. The van der Waals surface area contributed by atoms with Crippen LogP contribution in [0, 0.1) is 0 Å². The zero-order chi connectivity index (χ0) is 12.6. The van der Waals surface area contributed by atoms with Gasteiger partial charge in [0.1, 0.15) is 12.1 Å². The number of alkyl halides is 1. The fourth-order valence-corrected chi connectivity index (χ4v) is 2.50. The van der Waals surface area contributed by atoms with Crippen molar-refractivity contribution >= 4 is 6.09 Å². The van der Waals surface area contributed by atoms with Gasteiger partial charge in [-0.25, -0.2) is 8.87 Å². The van der Waals surface area contributed by atoms with Crippen molar-refractivity contribution in [3.8, 4) is 0 Å². The van der Waals surface area contributed by atoms with Crippen LogP contribution in [0.1, 0.15) is 33.6 Å². The van der Waals surface area contributed by atoms with Gasteiger partial charge in [-0.15, -0.1) is 0 Å². The predicted octanol–water partition coefficient (Wildman–Crippen LogP) is 1.74. The lowest BCUT2D eigenvalue weighted by atomic mass is 9.88. The normalized spacial score (nSPS) is 36.1. The smallest absolute Gasteiger partial charge is 0.435 e. The van der Waals surface area contributed by atoms with E-state index in [4.69, 9.17) is 5.73 Å². The molecule has 1 rings (SSSR count). The summed E-state index contributed by atoms with van der Waals surface area (Å²) in [6, 6.07) is 0. The van der Waals surface area contributed by atoms with Crippen molar-refractivity contribution in [1.29, 1.82) is 0 Å². The second-order valence-corrected chi connectivity index (χ2v) is 5.76. The number of amides is 1. The maximum Gasteiger partial charge on any atom is 0.514 e. The summed E-state index contributed by atoms with van der Waals surface area (Å²) in [5.74, 6) is 0. The molecule has 1 saturated heterocycles. The Balaban J connectivity index is 3.09. The molecule has 16 heavy (non-hydrogen) atoms. The van der Waals surface area contributed by atoms with Crippen LogP contribution in [-0.4, -0.2) is 46.5 Å². The van der Waals surface area contributed by atoms with E-state index in [1.54, 1.807) is 0 Å². The average molecular weight is 233 g/mol. The Morgan fingerprint density at radius 1 is 1.56 bits per heavy atom. The summed E-state index contributed by atoms with van der Waals surface area (Å²) in [5.41, 5.74) is 3.37. The average Bonchev–Trinajstić information content (AvgIpc) is 2.16. The lowest BCUT2D eigenvalue weighted by Gasteiger charge is -2.49. The number of carboxylic acid groups (broad SMARTS) is 1. The van der Waals surface area contributed by atoms with Gasteiger partial charge in [-0.05, 0) is 27.2 Å². The highest BCUT2D eigenvalue weighted by molar-refractivity contribution is 5.57. The van der Waals surface area contributed by atoms with Gasteiger partial charge in [0.25, 0.3) is 0 Å². The maximum absolute atomic E-state index is 14.3. The molecule has 4 nitrogen and oxygen atoms in total. The van der Waals surface area contributed by atoms with Gasteiger partial charge in [-0.1, -0.05) is 0 Å². The molecule has 0 saturated carbocycles. The topological polar surface area (TPSA) is 63.3 Å². The third-order valence-electron chi connectivity index (χ3n) is 3.73. The van der Waals surface area contributed by atoms with Crippen molar-refractivity contribution in [2.24, 2.45) is 5.73 Å². The molecule has 1 heterocycles. The number of nitrogens with two attached hydrogens (primary N) is 1. The third-order valence-corrected chi connectivity index (χ3v) is 3.73. The lowest BCUT2D eigenvalue weighted by Crippen LogP contribution is -2.70. The van der Waals surface area contributed by atoms with Crippen LogP contribution in [0.5, 0.6) is 0 Å². The zero-order valence-corrected chi connectivity index (χ0v) is 10.3. The van der Waals surface area contributed by atoms with Crippen molar-refractivity contribution in [3.05, 3.63) is 0 Å². The molecule has 0 spiro atoms. The Hall–Kier alpha value is -0.680. The predicted molar refractivity (Wildman–Crippen MR) is 59.9 cm³/mol. The van der Waals surface area contributed by atoms with Gasteiger partial charge in [0, 0.05) is 13.0 Å².